The van der Waals surface area contributed by atoms with Crippen molar-refractivity contribution in [2.24, 2.45) is 0 Å². The molecule has 0 saturated carbocycles. The van der Waals surface area contributed by atoms with Crippen molar-refractivity contribution in [3.8, 4) is 45.6 Å². The molecule has 0 aliphatic carbocycles. The molecule has 0 saturated heterocycles. The molecule has 6 aromatic heterocycles. The van der Waals surface area contributed by atoms with E-state index in [4.69, 9.17) is 59.8 Å². The summed E-state index contributed by atoms with van der Waals surface area (Å²) in [5.74, 6) is 2.14. The molecule has 0 N–H and O–H groups in total. The van der Waals surface area contributed by atoms with Gasteiger partial charge in [0.05, 0.1) is 46.1 Å². The molecule has 8 aromatic carbocycles. The van der Waals surface area contributed by atoms with Gasteiger partial charge in [0.25, 0.3) is 0 Å². The topological polar surface area (TPSA) is 160 Å². The van der Waals surface area contributed by atoms with Crippen LogP contribution in [0.25, 0.3) is 177 Å². The zero-order valence-electron chi connectivity index (χ0n) is 55.7. The summed E-state index contributed by atoms with van der Waals surface area (Å²) in [5.41, 5.74) is 24.8. The van der Waals surface area contributed by atoms with Gasteiger partial charge in [-0.2, -0.15) is 0 Å². The number of benzene rings is 8. The first kappa shape index (κ1) is 62.0. The average molecular weight is 1390 g/mol. The Balaban J connectivity index is 0.000000160. The zero-order valence-corrected chi connectivity index (χ0v) is 58.8. The van der Waals surface area contributed by atoms with Crippen LogP contribution in [0.4, 0.5) is 0 Å². The first-order valence-corrected chi connectivity index (χ1v) is 34.1. The predicted octanol–water partition coefficient (Wildman–Crippen LogP) is 20.0. The quantitative estimate of drug-likeness (QED) is 0.142. The van der Waals surface area contributed by atoms with Crippen molar-refractivity contribution in [3.05, 3.63) is 215 Å². The second-order valence-corrected chi connectivity index (χ2v) is 25.2. The number of rotatable bonds is 8. The van der Waals surface area contributed by atoms with E-state index in [-0.39, 0.29) is 41.7 Å². The number of hydrogen-bond donors (Lipinski definition) is 0. The molecule has 12 nitrogen and oxygen atoms in total. The van der Waals surface area contributed by atoms with Gasteiger partial charge in [0.1, 0.15) is 0 Å². The van der Waals surface area contributed by atoms with Crippen LogP contribution in [-0.4, -0.2) is 39.9 Å². The van der Waals surface area contributed by atoms with Gasteiger partial charge >= 0.3 is 41.7 Å². The maximum Gasteiger partial charge on any atom is 4.00 e. The largest absolute Gasteiger partial charge is 4.00 e. The Hall–Kier alpha value is -9.86. The van der Waals surface area contributed by atoms with Crippen LogP contribution in [0.15, 0.2) is 170 Å². The molecule has 10 heterocycles. The van der Waals surface area contributed by atoms with Crippen molar-refractivity contribution in [3.63, 3.8) is 0 Å². The fourth-order valence-corrected chi connectivity index (χ4v) is 15.3. The molecule has 14 aromatic rings. The molecule has 97 heavy (non-hydrogen) atoms. The molecule has 4 aliphatic heterocycles. The molecule has 13 heteroatoms. The van der Waals surface area contributed by atoms with E-state index < -0.39 is 0 Å². The van der Waals surface area contributed by atoms with Crippen LogP contribution < -0.4 is 19.9 Å². The second kappa shape index (κ2) is 25.0. The molecule has 4 aliphatic rings. The fraction of sp³-hybridized carbons (Fsp3) is 0.190. The van der Waals surface area contributed by atoms with Gasteiger partial charge in [-0.3, -0.25) is 0 Å². The van der Waals surface area contributed by atoms with Gasteiger partial charge in [0.15, 0.2) is 0 Å². The summed E-state index contributed by atoms with van der Waals surface area (Å²) in [6.45, 7) is 17.9. The summed E-state index contributed by atoms with van der Waals surface area (Å²) in [6, 6.07) is 59.4. The van der Waals surface area contributed by atoms with E-state index in [0.717, 1.165) is 183 Å². The normalized spacial score (nSPS) is 12.7. The number of fused-ring (bicyclic) bond motifs is 32. The Bertz CT molecular complexity index is 5380. The monoisotopic (exact) mass is 1380 g/mol. The Morgan fingerprint density at radius 3 is 0.660 bits per heavy atom. The van der Waals surface area contributed by atoms with E-state index in [2.05, 4.69) is 177 Å². The third-order valence-corrected chi connectivity index (χ3v) is 20.0. The Morgan fingerprint density at radius 2 is 0.454 bits per heavy atom. The van der Waals surface area contributed by atoms with E-state index in [1.807, 2.05) is 48.5 Å². The number of aromatic nitrogens is 12. The van der Waals surface area contributed by atoms with Gasteiger partial charge in [-0.05, 0) is 187 Å². The van der Waals surface area contributed by atoms with Crippen LogP contribution in [-0.2, 0) is 25.7 Å². The second-order valence-electron chi connectivity index (χ2n) is 25.2. The standard InChI is InChI=1S/C48H24N8.C36H44N4.Ce/c1-2-10-26-18-34-33(17-25(26)9-1)41-49-42(34)54-44-37-21-29-13-5-6-14-30(29)22-38(37)46(51-44)56-48-40-24-32-16-8-7-15-31(32)23-39(40)47(52-48)55-45-36-20-28-12-4-3-11-27(28)19-35(36)43(50-45)53-41;1-9-21-22(10-2)30-18-32-25(13-5)26(14-6)34(39-32)20-36-28(16-8)27(15-7)35(40-36)19-33-24(12-4)23(11-3)31(38-33)17-29(21)37-30;/h1-24H;17-20H,9-16H2,1-8H3;/q2*-2;+4. The Morgan fingerprint density at radius 1 is 0.237 bits per heavy atom. The number of allylic oxidation sites excluding steroid dienone is 4. The van der Waals surface area contributed by atoms with E-state index >= 15 is 0 Å². The van der Waals surface area contributed by atoms with Gasteiger partial charge in [-0.25, -0.2) is 19.9 Å². The predicted molar refractivity (Wildman–Crippen MR) is 395 cm³/mol. The molecule has 16 bridgehead atoms. The van der Waals surface area contributed by atoms with Crippen LogP contribution in [0.1, 0.15) is 126 Å². The number of aryl methyl sites for hydroxylation is 4. The summed E-state index contributed by atoms with van der Waals surface area (Å²) in [5, 5.41) is 12.2. The Kier molecular flexibility index (Phi) is 16.0. The summed E-state index contributed by atoms with van der Waals surface area (Å²) in [6.07, 6.45) is 7.60. The number of nitrogens with zero attached hydrogens (tertiary/aromatic N) is 12. The molecule has 0 fully saturated rings. The van der Waals surface area contributed by atoms with Gasteiger partial charge < -0.3 is 39.9 Å². The maximum atomic E-state index is 5.25. The van der Waals surface area contributed by atoms with Crippen LogP contribution in [0, 0.1) is 41.7 Å². The molecule has 0 radical (unpaired) electrons. The SMILES string of the molecule is CCC1=C(CC)c2cc3[n-]c(cc4nc(cc5[n-]c(cc1n2)c(CC)c5CC)C(CC)=C4CC)c(CC)c3CC.[Ce+4].c1ccc2cc3c(cc2c1)-c1nc-3nc2[n-]c(nc3nc(nc4[n-]c(n1)c1cc5ccccc5cc41)-c1cc4ccccc4cc1-3)c1cc3ccccc3cc21. The molecule has 468 valence electrons. The molecular formula is C84H68CeN12. The summed E-state index contributed by atoms with van der Waals surface area (Å²) in [4.78, 5) is 62.6. The first-order chi connectivity index (χ1) is 47.1. The van der Waals surface area contributed by atoms with Gasteiger partial charge in [-0.15, -0.1) is 22.1 Å². The van der Waals surface area contributed by atoms with Crippen molar-refractivity contribution in [2.45, 2.75) is 107 Å². The molecule has 0 spiro atoms. The van der Waals surface area contributed by atoms with E-state index in [0.29, 0.717) is 45.9 Å². The van der Waals surface area contributed by atoms with Crippen LogP contribution in [0.5, 0.6) is 0 Å². The van der Waals surface area contributed by atoms with Crippen molar-refractivity contribution in [1.29, 1.82) is 0 Å². The van der Waals surface area contributed by atoms with Crippen LogP contribution in [0.2, 0.25) is 0 Å². The van der Waals surface area contributed by atoms with Gasteiger partial charge in [-0.1, -0.05) is 199 Å². The van der Waals surface area contributed by atoms with Crippen molar-refractivity contribution < 1.29 is 41.7 Å². The van der Waals surface area contributed by atoms with E-state index in [1.54, 1.807) is 0 Å². The number of hydrogen-bond acceptors (Lipinski definition) is 8. The zero-order chi connectivity index (χ0) is 65.0. The summed E-state index contributed by atoms with van der Waals surface area (Å²) >= 11 is 0. The van der Waals surface area contributed by atoms with Crippen LogP contribution >= 0.6 is 0 Å². The van der Waals surface area contributed by atoms with E-state index in [9.17, 15) is 0 Å². The first-order valence-electron chi connectivity index (χ1n) is 34.1. The minimum atomic E-state index is 0. The maximum absolute atomic E-state index is 5.25. The van der Waals surface area contributed by atoms with Gasteiger partial charge in [0, 0.05) is 44.8 Å². The third kappa shape index (κ3) is 10.4. The third-order valence-electron chi connectivity index (χ3n) is 20.0. The Labute approximate surface area is 595 Å². The van der Waals surface area contributed by atoms with Crippen molar-refractivity contribution in [1.82, 2.24) is 59.8 Å². The fourth-order valence-electron chi connectivity index (χ4n) is 15.3. The molecule has 0 amide bonds. The molecule has 18 rings (SSSR count). The smallest absolute Gasteiger partial charge is 0.657 e. The minimum absolute atomic E-state index is 0. The van der Waals surface area contributed by atoms with Crippen molar-refractivity contribution >= 4 is 132 Å². The minimum Gasteiger partial charge on any atom is -0.657 e. The van der Waals surface area contributed by atoms with Crippen molar-refractivity contribution in [2.75, 3.05) is 0 Å². The van der Waals surface area contributed by atoms with Gasteiger partial charge in [0.2, 0.25) is 0 Å². The molecule has 0 unspecified atom stereocenters. The average Bonchev–Trinajstić information content (AvgIpc) is 1.59. The van der Waals surface area contributed by atoms with Crippen LogP contribution in [0.3, 0.4) is 0 Å². The summed E-state index contributed by atoms with van der Waals surface area (Å²) < 4.78 is 0. The molecule has 0 atom stereocenters. The van der Waals surface area contributed by atoms with E-state index in [1.165, 1.54) is 44.5 Å². The summed E-state index contributed by atoms with van der Waals surface area (Å²) in [7, 11) is 0. The molecular weight excluding hydrogens is 1320 g/mol.